The van der Waals surface area contributed by atoms with Crippen LogP contribution in [0.4, 0.5) is 0 Å². The van der Waals surface area contributed by atoms with E-state index in [-0.39, 0.29) is 0 Å². The lowest BCUT2D eigenvalue weighted by Gasteiger charge is -2.02. The summed E-state index contributed by atoms with van der Waals surface area (Å²) < 4.78 is 8.13. The third-order valence-corrected chi connectivity index (χ3v) is 3.59. The predicted octanol–water partition coefficient (Wildman–Crippen LogP) is 4.80. The van der Waals surface area contributed by atoms with Gasteiger partial charge in [-0.15, -0.1) is 0 Å². The summed E-state index contributed by atoms with van der Waals surface area (Å²) in [6, 6.07) is 22.3. The molecule has 4 aromatic rings. The molecule has 0 fully saturated rings. The Kier molecular flexibility index (Phi) is 3.09. The SMILES string of the molecule is c1ccc(-c2cc(-n3ccnc3)c(-c3ccccc3)o2)cc1. The molecule has 4 rings (SSSR count). The first kappa shape index (κ1) is 12.7. The highest BCUT2D eigenvalue weighted by Gasteiger charge is 2.15. The van der Waals surface area contributed by atoms with Crippen molar-refractivity contribution >= 4 is 0 Å². The standard InChI is InChI=1S/C19H14N2O/c1-3-7-15(8-4-1)18-13-17(21-12-11-20-14-21)19(22-18)16-9-5-2-6-10-16/h1-14H. The van der Waals surface area contributed by atoms with Gasteiger partial charge in [-0.1, -0.05) is 60.7 Å². The second kappa shape index (κ2) is 5.37. The molecule has 0 N–H and O–H groups in total. The Bertz CT molecular complexity index is 862. The fourth-order valence-electron chi connectivity index (χ4n) is 2.52. The molecule has 2 aromatic carbocycles. The van der Waals surface area contributed by atoms with Crippen LogP contribution in [0, 0.1) is 0 Å². The largest absolute Gasteiger partial charge is 0.454 e. The van der Waals surface area contributed by atoms with E-state index < -0.39 is 0 Å². The highest BCUT2D eigenvalue weighted by atomic mass is 16.3. The number of nitrogens with zero attached hydrogens (tertiary/aromatic N) is 2. The van der Waals surface area contributed by atoms with E-state index in [0.29, 0.717) is 0 Å². The van der Waals surface area contributed by atoms with Crippen molar-refractivity contribution in [3.8, 4) is 28.3 Å². The average Bonchev–Trinajstić information content (AvgIpc) is 3.26. The third-order valence-electron chi connectivity index (χ3n) is 3.59. The van der Waals surface area contributed by atoms with Gasteiger partial charge in [-0.25, -0.2) is 4.98 Å². The first-order chi connectivity index (χ1) is 10.9. The number of hydrogen-bond acceptors (Lipinski definition) is 2. The number of furan rings is 1. The van der Waals surface area contributed by atoms with Crippen LogP contribution < -0.4 is 0 Å². The summed E-state index contributed by atoms with van der Waals surface area (Å²) >= 11 is 0. The molecule has 2 heterocycles. The van der Waals surface area contributed by atoms with Crippen LogP contribution >= 0.6 is 0 Å². The molecule has 0 aliphatic rings. The minimum Gasteiger partial charge on any atom is -0.454 e. The molecule has 3 nitrogen and oxygen atoms in total. The normalized spacial score (nSPS) is 10.7. The molecule has 0 bridgehead atoms. The molecule has 0 atom stereocenters. The lowest BCUT2D eigenvalue weighted by molar-refractivity contribution is 0.596. The van der Waals surface area contributed by atoms with Crippen molar-refractivity contribution in [3.63, 3.8) is 0 Å². The molecule has 0 amide bonds. The maximum atomic E-state index is 6.16. The Labute approximate surface area is 128 Å². The lowest BCUT2D eigenvalue weighted by atomic mass is 10.1. The van der Waals surface area contributed by atoms with Gasteiger partial charge in [0, 0.05) is 29.6 Å². The second-order valence-corrected chi connectivity index (χ2v) is 5.03. The van der Waals surface area contributed by atoms with Gasteiger partial charge in [0.05, 0.1) is 12.0 Å². The molecule has 0 unspecified atom stereocenters. The van der Waals surface area contributed by atoms with E-state index in [1.165, 1.54) is 0 Å². The third kappa shape index (κ3) is 2.23. The Morgan fingerprint density at radius 1 is 0.818 bits per heavy atom. The zero-order valence-corrected chi connectivity index (χ0v) is 11.9. The zero-order chi connectivity index (χ0) is 14.8. The Morgan fingerprint density at radius 2 is 1.50 bits per heavy atom. The van der Waals surface area contributed by atoms with Crippen molar-refractivity contribution < 1.29 is 4.42 Å². The van der Waals surface area contributed by atoms with E-state index >= 15 is 0 Å². The number of aromatic nitrogens is 2. The van der Waals surface area contributed by atoms with Crippen LogP contribution in [0.5, 0.6) is 0 Å². The first-order valence-corrected chi connectivity index (χ1v) is 7.15. The summed E-state index contributed by atoms with van der Waals surface area (Å²) in [4.78, 5) is 4.14. The van der Waals surface area contributed by atoms with E-state index in [4.69, 9.17) is 4.42 Å². The van der Waals surface area contributed by atoms with Crippen molar-refractivity contribution in [1.82, 2.24) is 9.55 Å². The molecule has 0 aliphatic carbocycles. The monoisotopic (exact) mass is 286 g/mol. The number of benzene rings is 2. The zero-order valence-electron chi connectivity index (χ0n) is 11.9. The van der Waals surface area contributed by atoms with Gasteiger partial charge in [0.1, 0.15) is 5.76 Å². The molecule has 0 saturated heterocycles. The van der Waals surface area contributed by atoms with E-state index in [2.05, 4.69) is 11.1 Å². The summed E-state index contributed by atoms with van der Waals surface area (Å²) in [6.07, 6.45) is 5.47. The topological polar surface area (TPSA) is 31.0 Å². The summed E-state index contributed by atoms with van der Waals surface area (Å²) in [7, 11) is 0. The van der Waals surface area contributed by atoms with Crippen LogP contribution in [-0.4, -0.2) is 9.55 Å². The first-order valence-electron chi connectivity index (χ1n) is 7.15. The van der Waals surface area contributed by atoms with Crippen LogP contribution in [0.25, 0.3) is 28.3 Å². The fourth-order valence-corrected chi connectivity index (χ4v) is 2.52. The molecule has 0 spiro atoms. The second-order valence-electron chi connectivity index (χ2n) is 5.03. The maximum Gasteiger partial charge on any atom is 0.158 e. The molecular formula is C19H14N2O. The van der Waals surface area contributed by atoms with Gasteiger partial charge in [-0.2, -0.15) is 0 Å². The highest BCUT2D eigenvalue weighted by molar-refractivity contribution is 5.73. The number of hydrogen-bond donors (Lipinski definition) is 0. The van der Waals surface area contributed by atoms with E-state index in [0.717, 1.165) is 28.3 Å². The van der Waals surface area contributed by atoms with Crippen LogP contribution in [0.2, 0.25) is 0 Å². The molecule has 0 radical (unpaired) electrons. The average molecular weight is 286 g/mol. The van der Waals surface area contributed by atoms with E-state index in [1.54, 1.807) is 12.5 Å². The summed E-state index contributed by atoms with van der Waals surface area (Å²) in [5.74, 6) is 1.70. The predicted molar refractivity (Wildman–Crippen MR) is 86.7 cm³/mol. The minimum atomic E-state index is 0.845. The number of rotatable bonds is 3. The Balaban J connectivity index is 1.91. The lowest BCUT2D eigenvalue weighted by Crippen LogP contribution is -1.89. The maximum absolute atomic E-state index is 6.16. The van der Waals surface area contributed by atoms with Crippen LogP contribution in [-0.2, 0) is 0 Å². The summed E-state index contributed by atoms with van der Waals surface area (Å²) in [5.41, 5.74) is 3.10. The molecule has 3 heteroatoms. The Hall–Kier alpha value is -3.07. The van der Waals surface area contributed by atoms with E-state index in [9.17, 15) is 0 Å². The van der Waals surface area contributed by atoms with Crippen molar-refractivity contribution in [2.45, 2.75) is 0 Å². The highest BCUT2D eigenvalue weighted by Crippen LogP contribution is 2.34. The van der Waals surface area contributed by atoms with Gasteiger partial charge < -0.3 is 8.98 Å². The van der Waals surface area contributed by atoms with Crippen molar-refractivity contribution in [1.29, 1.82) is 0 Å². The summed E-state index contributed by atoms with van der Waals surface area (Å²) in [5, 5.41) is 0. The molecule has 22 heavy (non-hydrogen) atoms. The smallest absolute Gasteiger partial charge is 0.158 e. The van der Waals surface area contributed by atoms with E-state index in [1.807, 2.05) is 71.4 Å². The van der Waals surface area contributed by atoms with Gasteiger partial charge in [-0.05, 0) is 0 Å². The fraction of sp³-hybridized carbons (Fsp3) is 0. The minimum absolute atomic E-state index is 0.845. The molecule has 2 aromatic heterocycles. The van der Waals surface area contributed by atoms with Gasteiger partial charge in [-0.3, -0.25) is 0 Å². The van der Waals surface area contributed by atoms with Crippen molar-refractivity contribution in [2.24, 2.45) is 0 Å². The molecular weight excluding hydrogens is 272 g/mol. The molecule has 0 saturated carbocycles. The van der Waals surface area contributed by atoms with Crippen molar-refractivity contribution in [3.05, 3.63) is 85.5 Å². The van der Waals surface area contributed by atoms with Gasteiger partial charge in [0.2, 0.25) is 0 Å². The van der Waals surface area contributed by atoms with Gasteiger partial charge in [0.15, 0.2) is 5.76 Å². The van der Waals surface area contributed by atoms with Crippen LogP contribution in [0.3, 0.4) is 0 Å². The number of imidazole rings is 1. The molecule has 0 aliphatic heterocycles. The summed E-state index contributed by atoms with van der Waals surface area (Å²) in [6.45, 7) is 0. The van der Waals surface area contributed by atoms with Crippen molar-refractivity contribution in [2.75, 3.05) is 0 Å². The van der Waals surface area contributed by atoms with Crippen LogP contribution in [0.1, 0.15) is 0 Å². The molecule has 106 valence electrons. The van der Waals surface area contributed by atoms with Crippen LogP contribution in [0.15, 0.2) is 89.9 Å². The quantitative estimate of drug-likeness (QED) is 0.541. The Morgan fingerprint density at radius 3 is 2.14 bits per heavy atom. The van der Waals surface area contributed by atoms with Gasteiger partial charge in [0.25, 0.3) is 0 Å². The van der Waals surface area contributed by atoms with Gasteiger partial charge >= 0.3 is 0 Å².